The molecule has 0 saturated carbocycles. The predicted molar refractivity (Wildman–Crippen MR) is 104 cm³/mol. The van der Waals surface area contributed by atoms with E-state index in [9.17, 15) is 9.59 Å². The number of piperazine rings is 1. The first kappa shape index (κ1) is 19.6. The van der Waals surface area contributed by atoms with Crippen molar-refractivity contribution < 1.29 is 14.3 Å². The summed E-state index contributed by atoms with van der Waals surface area (Å²) in [7, 11) is 3.67. The average molecular weight is 374 g/mol. The minimum Gasteiger partial charge on any atom is -0.497 e. The number of benzene rings is 1. The summed E-state index contributed by atoms with van der Waals surface area (Å²) >= 11 is 0. The Bertz CT molecular complexity index is 656. The molecule has 2 N–H and O–H groups in total. The van der Waals surface area contributed by atoms with E-state index in [0.29, 0.717) is 50.7 Å². The van der Waals surface area contributed by atoms with E-state index in [-0.39, 0.29) is 17.9 Å². The third kappa shape index (κ3) is 4.42. The quantitative estimate of drug-likeness (QED) is 0.824. The van der Waals surface area contributed by atoms with Crippen LogP contribution < -0.4 is 10.5 Å². The first-order valence-corrected chi connectivity index (χ1v) is 9.66. The Labute approximate surface area is 161 Å². The number of carbonyl (C=O) groups is 2. The Morgan fingerprint density at radius 1 is 1.04 bits per heavy atom. The van der Waals surface area contributed by atoms with Gasteiger partial charge < -0.3 is 20.3 Å². The van der Waals surface area contributed by atoms with Crippen LogP contribution in [0.25, 0.3) is 0 Å². The fourth-order valence-electron chi connectivity index (χ4n) is 4.03. The summed E-state index contributed by atoms with van der Waals surface area (Å²) in [6.07, 6.45) is 2.63. The molecule has 0 aliphatic carbocycles. The molecular weight excluding hydrogens is 344 g/mol. The lowest BCUT2D eigenvalue weighted by Crippen LogP contribution is -2.51. The van der Waals surface area contributed by atoms with Gasteiger partial charge in [-0.25, -0.2) is 0 Å². The van der Waals surface area contributed by atoms with Crippen LogP contribution in [0.1, 0.15) is 29.6 Å². The number of likely N-dealkylation sites (N-methyl/N-ethyl adjacent to an activating group) is 1. The molecule has 7 heteroatoms. The predicted octanol–water partition coefficient (Wildman–Crippen LogP) is 0.791. The number of likely N-dealkylation sites (tertiary alicyclic amines) is 1. The number of carbonyl (C=O) groups excluding carboxylic acids is 2. The van der Waals surface area contributed by atoms with Crippen molar-refractivity contribution in [1.29, 1.82) is 0 Å². The van der Waals surface area contributed by atoms with E-state index in [2.05, 4.69) is 11.9 Å². The van der Waals surface area contributed by atoms with Crippen LogP contribution in [0.2, 0.25) is 0 Å². The van der Waals surface area contributed by atoms with Gasteiger partial charge in [-0.05, 0) is 44.2 Å². The molecule has 2 saturated heterocycles. The summed E-state index contributed by atoms with van der Waals surface area (Å²) in [5.74, 6) is 0.919. The van der Waals surface area contributed by atoms with Crippen LogP contribution in [-0.2, 0) is 4.79 Å². The number of nitrogens with two attached hydrogens (primary N) is 1. The van der Waals surface area contributed by atoms with Gasteiger partial charge in [-0.2, -0.15) is 0 Å². The number of hydrogen-bond acceptors (Lipinski definition) is 5. The molecule has 0 radical (unpaired) electrons. The van der Waals surface area contributed by atoms with Gasteiger partial charge in [-0.15, -0.1) is 0 Å². The first-order chi connectivity index (χ1) is 13.0. The molecule has 2 aliphatic rings. The van der Waals surface area contributed by atoms with Crippen LogP contribution in [0.3, 0.4) is 0 Å². The third-order valence-corrected chi connectivity index (χ3v) is 5.92. The molecular formula is C20H30N4O3. The van der Waals surface area contributed by atoms with E-state index >= 15 is 0 Å². The second kappa shape index (κ2) is 8.71. The van der Waals surface area contributed by atoms with E-state index in [4.69, 9.17) is 10.5 Å². The molecule has 3 rings (SSSR count). The monoisotopic (exact) mass is 374 g/mol. The molecule has 7 nitrogen and oxygen atoms in total. The van der Waals surface area contributed by atoms with Gasteiger partial charge in [0.05, 0.1) is 7.11 Å². The minimum atomic E-state index is 0.00562. The number of methoxy groups -OCH3 is 1. The van der Waals surface area contributed by atoms with Crippen LogP contribution >= 0.6 is 0 Å². The third-order valence-electron chi connectivity index (χ3n) is 5.92. The fraction of sp³-hybridized carbons (Fsp3) is 0.600. The minimum absolute atomic E-state index is 0.00562. The maximum atomic E-state index is 12.7. The van der Waals surface area contributed by atoms with Crippen molar-refractivity contribution in [2.75, 3.05) is 46.9 Å². The number of rotatable bonds is 5. The van der Waals surface area contributed by atoms with E-state index in [0.717, 1.165) is 18.6 Å². The largest absolute Gasteiger partial charge is 0.497 e. The molecule has 1 aromatic rings. The molecule has 0 spiro atoms. The number of hydrogen-bond donors (Lipinski definition) is 1. The van der Waals surface area contributed by atoms with Crippen molar-refractivity contribution in [3.05, 3.63) is 29.8 Å². The fourth-order valence-corrected chi connectivity index (χ4v) is 4.03. The summed E-state index contributed by atoms with van der Waals surface area (Å²) in [6, 6.07) is 7.82. The lowest BCUT2D eigenvalue weighted by atomic mass is 10.1. The second-order valence-electron chi connectivity index (χ2n) is 7.39. The molecule has 2 atom stereocenters. The Hall–Kier alpha value is -2.12. The Kier molecular flexibility index (Phi) is 6.34. The maximum Gasteiger partial charge on any atom is 0.253 e. The Balaban J connectivity index is 1.49. The van der Waals surface area contributed by atoms with Crippen LogP contribution in [0.4, 0.5) is 0 Å². The highest BCUT2D eigenvalue weighted by Gasteiger charge is 2.33. The van der Waals surface area contributed by atoms with Gasteiger partial charge in [0.15, 0.2) is 0 Å². The highest BCUT2D eigenvalue weighted by atomic mass is 16.5. The van der Waals surface area contributed by atoms with Crippen LogP contribution in [0.5, 0.6) is 5.75 Å². The lowest BCUT2D eigenvalue weighted by Gasteiger charge is -2.36. The SMILES string of the molecule is COc1ccc(C(=O)N2CCN(C(=O)C[C@@H]3CC[C@H](CN)N3C)CC2)cc1. The molecule has 0 bridgehead atoms. The zero-order valence-corrected chi connectivity index (χ0v) is 16.3. The summed E-state index contributed by atoms with van der Waals surface area (Å²) in [6.45, 7) is 2.98. The van der Waals surface area contributed by atoms with E-state index in [1.807, 2.05) is 9.80 Å². The molecule has 2 heterocycles. The van der Waals surface area contributed by atoms with E-state index in [1.54, 1.807) is 31.4 Å². The highest BCUT2D eigenvalue weighted by Crippen LogP contribution is 2.24. The number of amides is 2. The second-order valence-corrected chi connectivity index (χ2v) is 7.39. The lowest BCUT2D eigenvalue weighted by molar-refractivity contribution is -0.133. The first-order valence-electron chi connectivity index (χ1n) is 9.66. The summed E-state index contributed by atoms with van der Waals surface area (Å²) in [4.78, 5) is 31.3. The summed E-state index contributed by atoms with van der Waals surface area (Å²) < 4.78 is 5.13. The summed E-state index contributed by atoms with van der Waals surface area (Å²) in [5, 5.41) is 0. The average Bonchev–Trinajstić information content (AvgIpc) is 3.07. The highest BCUT2D eigenvalue weighted by molar-refractivity contribution is 5.94. The van der Waals surface area contributed by atoms with Crippen molar-refractivity contribution in [1.82, 2.24) is 14.7 Å². The molecule has 2 amide bonds. The zero-order valence-electron chi connectivity index (χ0n) is 16.3. The van der Waals surface area contributed by atoms with Gasteiger partial charge in [-0.1, -0.05) is 0 Å². The summed E-state index contributed by atoms with van der Waals surface area (Å²) in [5.41, 5.74) is 6.44. The van der Waals surface area contributed by atoms with Crippen molar-refractivity contribution in [2.45, 2.75) is 31.3 Å². The van der Waals surface area contributed by atoms with Gasteiger partial charge in [0.2, 0.25) is 5.91 Å². The van der Waals surface area contributed by atoms with E-state index in [1.165, 1.54) is 0 Å². The van der Waals surface area contributed by atoms with E-state index < -0.39 is 0 Å². The van der Waals surface area contributed by atoms with Gasteiger partial charge >= 0.3 is 0 Å². The normalized spacial score (nSPS) is 23.5. The maximum absolute atomic E-state index is 12.7. The van der Waals surface area contributed by atoms with Gasteiger partial charge in [0.25, 0.3) is 5.91 Å². The molecule has 1 aromatic carbocycles. The van der Waals surface area contributed by atoms with Crippen molar-refractivity contribution in [3.63, 3.8) is 0 Å². The van der Waals surface area contributed by atoms with Gasteiger partial charge in [-0.3, -0.25) is 14.5 Å². The zero-order chi connectivity index (χ0) is 19.4. The molecule has 0 unspecified atom stereocenters. The smallest absolute Gasteiger partial charge is 0.253 e. The van der Waals surface area contributed by atoms with Crippen molar-refractivity contribution in [3.8, 4) is 5.75 Å². The molecule has 148 valence electrons. The Morgan fingerprint density at radius 3 is 2.19 bits per heavy atom. The number of ether oxygens (including phenoxy) is 1. The number of nitrogens with zero attached hydrogens (tertiary/aromatic N) is 3. The van der Waals surface area contributed by atoms with Gasteiger partial charge in [0.1, 0.15) is 5.75 Å². The van der Waals surface area contributed by atoms with Crippen LogP contribution in [0, 0.1) is 0 Å². The van der Waals surface area contributed by atoms with Gasteiger partial charge in [0, 0.05) is 56.8 Å². The molecule has 2 fully saturated rings. The van der Waals surface area contributed by atoms with Crippen molar-refractivity contribution in [2.24, 2.45) is 5.73 Å². The topological polar surface area (TPSA) is 79.1 Å². The molecule has 0 aromatic heterocycles. The molecule has 2 aliphatic heterocycles. The van der Waals surface area contributed by atoms with Crippen molar-refractivity contribution >= 4 is 11.8 Å². The van der Waals surface area contributed by atoms with Crippen LogP contribution in [0.15, 0.2) is 24.3 Å². The molecule has 27 heavy (non-hydrogen) atoms. The van der Waals surface area contributed by atoms with Crippen LogP contribution in [-0.4, -0.2) is 85.5 Å². The Morgan fingerprint density at radius 2 is 1.63 bits per heavy atom. The standard InChI is InChI=1S/C20H30N4O3/c1-22-16(5-6-17(22)14-21)13-19(25)23-9-11-24(12-10-23)20(26)15-3-7-18(27-2)8-4-15/h3-4,7-8,16-17H,5-6,9-14,21H2,1-2H3/t16-,17+/m0/s1.